The van der Waals surface area contributed by atoms with Crippen molar-refractivity contribution in [2.45, 2.75) is 25.4 Å². The summed E-state index contributed by atoms with van der Waals surface area (Å²) in [6.45, 7) is 0. The summed E-state index contributed by atoms with van der Waals surface area (Å²) in [5.74, 6) is 0. The molecule has 1 aliphatic rings. The van der Waals surface area contributed by atoms with Crippen LogP contribution in [0, 0.1) is 0 Å². The number of para-hydroxylation sites is 1. The predicted octanol–water partition coefficient (Wildman–Crippen LogP) is 3.30. The van der Waals surface area contributed by atoms with E-state index in [1.165, 1.54) is 10.9 Å². The van der Waals surface area contributed by atoms with E-state index < -0.39 is 0 Å². The number of H-pyrrole nitrogens is 1. The van der Waals surface area contributed by atoms with Gasteiger partial charge >= 0.3 is 0 Å². The highest BCUT2D eigenvalue weighted by atomic mass is 79.9. The van der Waals surface area contributed by atoms with Crippen LogP contribution in [0.5, 0.6) is 0 Å². The molecule has 2 nitrogen and oxygen atoms in total. The summed E-state index contributed by atoms with van der Waals surface area (Å²) in [5, 5.41) is 11.2. The summed E-state index contributed by atoms with van der Waals surface area (Å²) in [5.41, 5.74) is 3.43. The third-order valence-corrected chi connectivity index (χ3v) is 3.82. The summed E-state index contributed by atoms with van der Waals surface area (Å²) in [6.07, 6.45) is 2.71. The third-order valence-electron chi connectivity index (χ3n) is 3.16. The molecule has 0 saturated heterocycles. The molecule has 0 amide bonds. The van der Waals surface area contributed by atoms with Crippen LogP contribution in [0.3, 0.4) is 0 Å². The minimum Gasteiger partial charge on any atom is -0.387 e. The van der Waals surface area contributed by atoms with Gasteiger partial charge in [-0.25, -0.2) is 0 Å². The number of halogens is 1. The Labute approximate surface area is 96.4 Å². The zero-order chi connectivity index (χ0) is 10.4. The van der Waals surface area contributed by atoms with Gasteiger partial charge in [0.1, 0.15) is 0 Å². The highest BCUT2D eigenvalue weighted by molar-refractivity contribution is 9.10. The van der Waals surface area contributed by atoms with E-state index in [2.05, 4.69) is 27.0 Å². The first-order valence-corrected chi connectivity index (χ1v) is 6.03. The van der Waals surface area contributed by atoms with E-state index in [1.807, 2.05) is 12.1 Å². The number of rotatable bonds is 0. The van der Waals surface area contributed by atoms with Crippen LogP contribution in [0.15, 0.2) is 22.7 Å². The molecule has 2 aromatic rings. The van der Waals surface area contributed by atoms with Crippen LogP contribution >= 0.6 is 15.9 Å². The van der Waals surface area contributed by atoms with E-state index in [-0.39, 0.29) is 6.10 Å². The Morgan fingerprint density at radius 1 is 1.40 bits per heavy atom. The smallest absolute Gasteiger partial charge is 0.0941 e. The SMILES string of the molecule is OC1CCCc2c1[nH]c1c(Br)cccc21. The highest BCUT2D eigenvalue weighted by Gasteiger charge is 2.22. The molecule has 1 atom stereocenters. The molecule has 0 fully saturated rings. The first-order valence-electron chi connectivity index (χ1n) is 5.24. The fourth-order valence-electron chi connectivity index (χ4n) is 2.43. The molecular weight excluding hydrogens is 254 g/mol. The van der Waals surface area contributed by atoms with Crippen molar-refractivity contribution in [1.82, 2.24) is 4.98 Å². The molecule has 0 radical (unpaired) electrons. The van der Waals surface area contributed by atoms with Crippen LogP contribution in [-0.4, -0.2) is 10.1 Å². The Morgan fingerprint density at radius 3 is 3.13 bits per heavy atom. The van der Waals surface area contributed by atoms with Crippen molar-refractivity contribution in [1.29, 1.82) is 0 Å². The lowest BCUT2D eigenvalue weighted by molar-refractivity contribution is 0.153. The first-order chi connectivity index (χ1) is 7.27. The van der Waals surface area contributed by atoms with Gasteiger partial charge in [0.2, 0.25) is 0 Å². The number of aromatic amines is 1. The van der Waals surface area contributed by atoms with Gasteiger partial charge in [-0.3, -0.25) is 0 Å². The average Bonchev–Trinajstić information content (AvgIpc) is 2.60. The molecule has 1 aromatic carbocycles. The molecule has 1 unspecified atom stereocenters. The number of fused-ring (bicyclic) bond motifs is 3. The Balaban J connectivity index is 2.35. The maximum absolute atomic E-state index is 9.91. The van der Waals surface area contributed by atoms with Gasteiger partial charge < -0.3 is 10.1 Å². The summed E-state index contributed by atoms with van der Waals surface area (Å²) < 4.78 is 1.07. The molecule has 0 bridgehead atoms. The standard InChI is InChI=1S/C12H12BrNO/c13-9-5-1-3-7-8-4-2-6-10(15)12(8)14-11(7)9/h1,3,5,10,14-15H,2,4,6H2. The largest absolute Gasteiger partial charge is 0.387 e. The van der Waals surface area contributed by atoms with E-state index in [1.54, 1.807) is 0 Å². The number of aryl methyl sites for hydroxylation is 1. The van der Waals surface area contributed by atoms with Crippen molar-refractivity contribution in [2.24, 2.45) is 0 Å². The predicted molar refractivity (Wildman–Crippen MR) is 63.9 cm³/mol. The molecular formula is C12H12BrNO. The monoisotopic (exact) mass is 265 g/mol. The normalized spacial score (nSPS) is 20.5. The Bertz CT molecular complexity index is 518. The van der Waals surface area contributed by atoms with Gasteiger partial charge in [0.15, 0.2) is 0 Å². The fourth-order valence-corrected chi connectivity index (χ4v) is 2.89. The lowest BCUT2D eigenvalue weighted by Gasteiger charge is -2.17. The fraction of sp³-hybridized carbons (Fsp3) is 0.333. The summed E-state index contributed by atoms with van der Waals surface area (Å²) in [6, 6.07) is 6.19. The number of benzene rings is 1. The Kier molecular flexibility index (Phi) is 2.11. The van der Waals surface area contributed by atoms with Crippen molar-refractivity contribution >= 4 is 26.8 Å². The Morgan fingerprint density at radius 2 is 2.27 bits per heavy atom. The van der Waals surface area contributed by atoms with Crippen LogP contribution in [0.1, 0.15) is 30.2 Å². The van der Waals surface area contributed by atoms with Crippen LogP contribution in [0.2, 0.25) is 0 Å². The second kappa shape index (κ2) is 3.35. The maximum Gasteiger partial charge on any atom is 0.0941 e. The average molecular weight is 266 g/mol. The number of aliphatic hydroxyl groups excluding tert-OH is 1. The summed E-state index contributed by atoms with van der Waals surface area (Å²) in [7, 11) is 0. The minimum atomic E-state index is -0.312. The number of aromatic nitrogens is 1. The molecule has 0 saturated carbocycles. The molecule has 0 aliphatic heterocycles. The topological polar surface area (TPSA) is 36.0 Å². The molecule has 3 heteroatoms. The van der Waals surface area contributed by atoms with Crippen molar-refractivity contribution in [3.8, 4) is 0 Å². The van der Waals surface area contributed by atoms with Gasteiger partial charge in [0.05, 0.1) is 11.6 Å². The van der Waals surface area contributed by atoms with Crippen molar-refractivity contribution < 1.29 is 5.11 Å². The number of hydrogen-bond donors (Lipinski definition) is 2. The zero-order valence-electron chi connectivity index (χ0n) is 8.26. The molecule has 15 heavy (non-hydrogen) atoms. The lowest BCUT2D eigenvalue weighted by atomic mass is 9.94. The van der Waals surface area contributed by atoms with Crippen LogP contribution in [0.25, 0.3) is 10.9 Å². The van der Waals surface area contributed by atoms with Gasteiger partial charge in [-0.05, 0) is 46.8 Å². The van der Waals surface area contributed by atoms with Crippen LogP contribution in [0.4, 0.5) is 0 Å². The number of nitrogens with one attached hydrogen (secondary N) is 1. The number of aliphatic hydroxyl groups is 1. The second-order valence-electron chi connectivity index (χ2n) is 4.09. The van der Waals surface area contributed by atoms with Crippen molar-refractivity contribution in [3.63, 3.8) is 0 Å². The lowest BCUT2D eigenvalue weighted by Crippen LogP contribution is -2.07. The van der Waals surface area contributed by atoms with Gasteiger partial charge in [0.25, 0.3) is 0 Å². The first kappa shape index (κ1) is 9.43. The number of hydrogen-bond acceptors (Lipinski definition) is 1. The maximum atomic E-state index is 9.91. The van der Waals surface area contributed by atoms with Gasteiger partial charge in [-0.2, -0.15) is 0 Å². The van der Waals surface area contributed by atoms with E-state index in [0.29, 0.717) is 0 Å². The molecule has 1 heterocycles. The quantitative estimate of drug-likeness (QED) is 0.754. The van der Waals surface area contributed by atoms with E-state index in [4.69, 9.17) is 0 Å². The highest BCUT2D eigenvalue weighted by Crippen LogP contribution is 2.36. The van der Waals surface area contributed by atoms with Crippen molar-refractivity contribution in [2.75, 3.05) is 0 Å². The molecule has 0 spiro atoms. The zero-order valence-corrected chi connectivity index (χ0v) is 9.84. The van der Waals surface area contributed by atoms with E-state index in [0.717, 1.165) is 34.9 Å². The molecule has 3 rings (SSSR count). The van der Waals surface area contributed by atoms with E-state index >= 15 is 0 Å². The summed E-state index contributed by atoms with van der Waals surface area (Å²) in [4.78, 5) is 3.34. The molecule has 1 aliphatic carbocycles. The van der Waals surface area contributed by atoms with Gasteiger partial charge in [0, 0.05) is 15.6 Å². The van der Waals surface area contributed by atoms with E-state index in [9.17, 15) is 5.11 Å². The molecule has 78 valence electrons. The molecule has 2 N–H and O–H groups in total. The van der Waals surface area contributed by atoms with Crippen LogP contribution in [-0.2, 0) is 6.42 Å². The Hall–Kier alpha value is -0.800. The second-order valence-corrected chi connectivity index (χ2v) is 4.94. The van der Waals surface area contributed by atoms with Crippen LogP contribution < -0.4 is 0 Å². The van der Waals surface area contributed by atoms with Crippen molar-refractivity contribution in [3.05, 3.63) is 33.9 Å². The third kappa shape index (κ3) is 1.34. The van der Waals surface area contributed by atoms with Gasteiger partial charge in [-0.1, -0.05) is 12.1 Å². The molecule has 1 aromatic heterocycles. The van der Waals surface area contributed by atoms with Gasteiger partial charge in [-0.15, -0.1) is 0 Å². The minimum absolute atomic E-state index is 0.312. The summed E-state index contributed by atoms with van der Waals surface area (Å²) >= 11 is 3.53.